The lowest BCUT2D eigenvalue weighted by atomic mass is 10.2. The molecule has 0 saturated carbocycles. The second-order valence-corrected chi connectivity index (χ2v) is 5.77. The van der Waals surface area contributed by atoms with E-state index in [1.54, 1.807) is 20.6 Å². The number of aryl methyl sites for hydroxylation is 1. The number of fused-ring (bicyclic) bond motifs is 1. The van der Waals surface area contributed by atoms with Gasteiger partial charge in [-0.25, -0.2) is 9.48 Å². The summed E-state index contributed by atoms with van der Waals surface area (Å²) in [6, 6.07) is 2.00. The van der Waals surface area contributed by atoms with E-state index in [0.717, 1.165) is 42.1 Å². The smallest absolute Gasteiger partial charge is 0.320 e. The van der Waals surface area contributed by atoms with Gasteiger partial charge in [0.1, 0.15) is 5.82 Å². The maximum absolute atomic E-state index is 12.2. The highest BCUT2D eigenvalue weighted by Crippen LogP contribution is 2.15. The first-order chi connectivity index (χ1) is 9.78. The van der Waals surface area contributed by atoms with Gasteiger partial charge >= 0.3 is 5.69 Å². The van der Waals surface area contributed by atoms with Crippen LogP contribution in [0.3, 0.4) is 0 Å². The molecule has 0 aliphatic carbocycles. The molecule has 0 bridgehead atoms. The Balaban J connectivity index is 1.83. The molecule has 0 radical (unpaired) electrons. The maximum atomic E-state index is 12.2. The van der Waals surface area contributed by atoms with E-state index in [1.165, 1.54) is 0 Å². The number of rotatable bonds is 2. The zero-order chi connectivity index (χ0) is 13.9. The van der Waals surface area contributed by atoms with Gasteiger partial charge in [0.15, 0.2) is 0 Å². The van der Waals surface area contributed by atoms with E-state index >= 15 is 0 Å². The molecular formula is C14H16N4OS. The summed E-state index contributed by atoms with van der Waals surface area (Å²) in [5.41, 5.74) is 6.31. The Labute approximate surface area is 121 Å². The standard InChI is InChI=1S/C14H16N4OS/c15-6-3-4-11-8-12(20-10-11)9-18-14(19)17-7-2-1-5-13(17)16-18/h8,10H,1-2,5-7,9,15H2. The minimum Gasteiger partial charge on any atom is -0.320 e. The van der Waals surface area contributed by atoms with Gasteiger partial charge in [-0.15, -0.1) is 11.3 Å². The van der Waals surface area contributed by atoms with Crippen molar-refractivity contribution in [2.24, 2.45) is 5.73 Å². The highest BCUT2D eigenvalue weighted by atomic mass is 32.1. The minimum absolute atomic E-state index is 0.00249. The van der Waals surface area contributed by atoms with Crippen molar-refractivity contribution in [3.63, 3.8) is 0 Å². The number of hydrogen-bond donors (Lipinski definition) is 1. The van der Waals surface area contributed by atoms with Crippen molar-refractivity contribution in [3.05, 3.63) is 38.2 Å². The van der Waals surface area contributed by atoms with Crippen LogP contribution in [0.4, 0.5) is 0 Å². The van der Waals surface area contributed by atoms with Crippen molar-refractivity contribution in [1.29, 1.82) is 0 Å². The van der Waals surface area contributed by atoms with Crippen LogP contribution in [0.1, 0.15) is 29.1 Å². The van der Waals surface area contributed by atoms with Gasteiger partial charge in [0.05, 0.1) is 13.1 Å². The van der Waals surface area contributed by atoms with Crippen molar-refractivity contribution < 1.29 is 0 Å². The van der Waals surface area contributed by atoms with Crippen molar-refractivity contribution >= 4 is 11.3 Å². The molecule has 3 heterocycles. The summed E-state index contributed by atoms with van der Waals surface area (Å²) >= 11 is 1.60. The quantitative estimate of drug-likeness (QED) is 0.831. The Morgan fingerprint density at radius 2 is 2.35 bits per heavy atom. The van der Waals surface area contributed by atoms with Crippen molar-refractivity contribution in [2.75, 3.05) is 6.54 Å². The molecule has 0 unspecified atom stereocenters. The molecule has 0 fully saturated rings. The van der Waals surface area contributed by atoms with E-state index in [1.807, 2.05) is 11.4 Å². The molecule has 5 nitrogen and oxygen atoms in total. The zero-order valence-electron chi connectivity index (χ0n) is 11.1. The van der Waals surface area contributed by atoms with Crippen LogP contribution in [-0.2, 0) is 19.5 Å². The third-order valence-electron chi connectivity index (χ3n) is 3.33. The Bertz CT molecular complexity index is 728. The topological polar surface area (TPSA) is 65.8 Å². The molecule has 0 saturated heterocycles. The number of nitrogens with two attached hydrogens (primary N) is 1. The van der Waals surface area contributed by atoms with Gasteiger partial charge in [-0.2, -0.15) is 5.10 Å². The molecule has 104 valence electrons. The summed E-state index contributed by atoms with van der Waals surface area (Å²) in [6.07, 6.45) is 3.09. The van der Waals surface area contributed by atoms with Gasteiger partial charge in [-0.3, -0.25) is 4.57 Å². The summed E-state index contributed by atoms with van der Waals surface area (Å²) < 4.78 is 3.36. The predicted molar refractivity (Wildman–Crippen MR) is 78.8 cm³/mol. The average Bonchev–Trinajstić information content (AvgIpc) is 3.03. The summed E-state index contributed by atoms with van der Waals surface area (Å²) in [7, 11) is 0. The second-order valence-electron chi connectivity index (χ2n) is 4.77. The molecule has 3 rings (SSSR count). The third-order valence-corrected chi connectivity index (χ3v) is 4.25. The summed E-state index contributed by atoms with van der Waals surface area (Å²) in [4.78, 5) is 13.3. The molecule has 2 aromatic rings. The fourth-order valence-corrected chi connectivity index (χ4v) is 3.18. The molecule has 0 amide bonds. The van der Waals surface area contributed by atoms with Crippen molar-refractivity contribution in [3.8, 4) is 11.8 Å². The van der Waals surface area contributed by atoms with E-state index in [0.29, 0.717) is 13.1 Å². The molecule has 0 spiro atoms. The molecule has 2 N–H and O–H groups in total. The zero-order valence-corrected chi connectivity index (χ0v) is 11.9. The van der Waals surface area contributed by atoms with Crippen molar-refractivity contribution in [1.82, 2.24) is 14.3 Å². The molecule has 2 aromatic heterocycles. The monoisotopic (exact) mass is 288 g/mol. The normalized spacial score (nSPS) is 13.7. The van der Waals surface area contributed by atoms with Crippen LogP contribution in [0.2, 0.25) is 0 Å². The first-order valence-electron chi connectivity index (χ1n) is 6.71. The van der Waals surface area contributed by atoms with E-state index < -0.39 is 0 Å². The lowest BCUT2D eigenvalue weighted by Gasteiger charge is -2.09. The molecular weight excluding hydrogens is 272 g/mol. The predicted octanol–water partition coefficient (Wildman–Crippen LogP) is 0.801. The Hall–Kier alpha value is -1.84. The van der Waals surface area contributed by atoms with Gasteiger partial charge in [0.2, 0.25) is 0 Å². The molecule has 6 heteroatoms. The number of nitrogens with zero attached hydrogens (tertiary/aromatic N) is 3. The van der Waals surface area contributed by atoms with Crippen molar-refractivity contribution in [2.45, 2.75) is 32.4 Å². The van der Waals surface area contributed by atoms with Gasteiger partial charge in [-0.1, -0.05) is 11.8 Å². The molecule has 0 aromatic carbocycles. The molecule has 20 heavy (non-hydrogen) atoms. The summed E-state index contributed by atoms with van der Waals surface area (Å²) in [5.74, 6) is 6.74. The van der Waals surface area contributed by atoms with Gasteiger partial charge in [0, 0.05) is 28.8 Å². The van der Waals surface area contributed by atoms with E-state index in [4.69, 9.17) is 5.73 Å². The highest BCUT2D eigenvalue weighted by Gasteiger charge is 2.16. The van der Waals surface area contributed by atoms with Crippen LogP contribution in [0.5, 0.6) is 0 Å². The third kappa shape index (κ3) is 2.55. The first kappa shape index (κ1) is 13.2. The van der Waals surface area contributed by atoms with Crippen LogP contribution in [0.25, 0.3) is 0 Å². The Kier molecular flexibility index (Phi) is 3.72. The second kappa shape index (κ2) is 5.65. The van der Waals surface area contributed by atoms with E-state index in [9.17, 15) is 4.79 Å². The Morgan fingerprint density at radius 3 is 3.15 bits per heavy atom. The lowest BCUT2D eigenvalue weighted by Crippen LogP contribution is -2.27. The summed E-state index contributed by atoms with van der Waals surface area (Å²) in [6.45, 7) is 1.68. The Morgan fingerprint density at radius 1 is 1.45 bits per heavy atom. The van der Waals surface area contributed by atoms with Crippen LogP contribution in [0.15, 0.2) is 16.2 Å². The van der Waals surface area contributed by atoms with Crippen LogP contribution < -0.4 is 11.4 Å². The summed E-state index contributed by atoms with van der Waals surface area (Å²) in [5, 5.41) is 6.42. The SMILES string of the molecule is NCC#Cc1csc(Cn2nc3n(c2=O)CCCC3)c1. The largest absolute Gasteiger partial charge is 0.346 e. The van der Waals surface area contributed by atoms with E-state index in [-0.39, 0.29) is 5.69 Å². The lowest BCUT2D eigenvalue weighted by molar-refractivity contribution is 0.511. The molecule has 1 aliphatic rings. The van der Waals surface area contributed by atoms with Crippen LogP contribution in [0, 0.1) is 11.8 Å². The fourth-order valence-electron chi connectivity index (χ4n) is 2.38. The highest BCUT2D eigenvalue weighted by molar-refractivity contribution is 7.10. The van der Waals surface area contributed by atoms with Crippen LogP contribution in [-0.4, -0.2) is 20.9 Å². The fraction of sp³-hybridized carbons (Fsp3) is 0.429. The van der Waals surface area contributed by atoms with Gasteiger partial charge in [-0.05, 0) is 18.9 Å². The number of hydrogen-bond acceptors (Lipinski definition) is 4. The molecule has 1 aliphatic heterocycles. The number of thiophene rings is 1. The average molecular weight is 288 g/mol. The molecule has 0 atom stereocenters. The number of aromatic nitrogens is 3. The minimum atomic E-state index is 0.00249. The maximum Gasteiger partial charge on any atom is 0.346 e. The van der Waals surface area contributed by atoms with Gasteiger partial charge in [0.25, 0.3) is 0 Å². The van der Waals surface area contributed by atoms with Crippen LogP contribution >= 0.6 is 11.3 Å². The first-order valence-corrected chi connectivity index (χ1v) is 7.59. The van der Waals surface area contributed by atoms with E-state index in [2.05, 4.69) is 16.9 Å². The van der Waals surface area contributed by atoms with Gasteiger partial charge < -0.3 is 5.73 Å².